The topological polar surface area (TPSA) is 78.5 Å². The van der Waals surface area contributed by atoms with Crippen LogP contribution in [0.5, 0.6) is 0 Å². The number of nitrogens with zero attached hydrogens (tertiary/aromatic N) is 3. The first-order valence-corrected chi connectivity index (χ1v) is 9.76. The molecule has 27 heavy (non-hydrogen) atoms. The Morgan fingerprint density at radius 2 is 2.11 bits per heavy atom. The van der Waals surface area contributed by atoms with Crippen LogP contribution in [-0.4, -0.2) is 64.6 Å². The summed E-state index contributed by atoms with van der Waals surface area (Å²) < 4.78 is 5.56. The van der Waals surface area contributed by atoms with Crippen molar-refractivity contribution in [1.82, 2.24) is 19.8 Å². The molecule has 8 heteroatoms. The van der Waals surface area contributed by atoms with E-state index in [4.69, 9.17) is 16.3 Å². The van der Waals surface area contributed by atoms with Gasteiger partial charge in [0.05, 0.1) is 30.0 Å². The molecule has 144 valence electrons. The number of aromatic nitrogens is 2. The highest BCUT2D eigenvalue weighted by Gasteiger charge is 2.25. The van der Waals surface area contributed by atoms with Crippen LogP contribution in [0.4, 0.5) is 0 Å². The van der Waals surface area contributed by atoms with Crippen molar-refractivity contribution in [3.8, 4) is 0 Å². The predicted octanol–water partition coefficient (Wildman–Crippen LogP) is 1.79. The summed E-state index contributed by atoms with van der Waals surface area (Å²) >= 11 is 5.95. The zero-order chi connectivity index (χ0) is 18.8. The average molecular weight is 391 g/mol. The lowest BCUT2D eigenvalue weighted by atomic mass is 10.1. The quantitative estimate of drug-likeness (QED) is 0.861. The third-order valence-electron chi connectivity index (χ3n) is 5.24. The zero-order valence-electron chi connectivity index (χ0n) is 15.1. The lowest BCUT2D eigenvalue weighted by molar-refractivity contribution is -0.135. The van der Waals surface area contributed by atoms with Crippen LogP contribution in [-0.2, 0) is 16.1 Å². The Balaban J connectivity index is 1.35. The van der Waals surface area contributed by atoms with Gasteiger partial charge in [0.1, 0.15) is 5.82 Å². The number of rotatable bonds is 4. The number of nitrogens with one attached hydrogen (secondary N) is 1. The average Bonchev–Trinajstić information content (AvgIpc) is 3.16. The van der Waals surface area contributed by atoms with E-state index in [1.165, 1.54) is 0 Å². The third kappa shape index (κ3) is 4.31. The van der Waals surface area contributed by atoms with Gasteiger partial charge in [0.15, 0.2) is 0 Å². The molecule has 4 rings (SSSR count). The van der Waals surface area contributed by atoms with E-state index < -0.39 is 0 Å². The van der Waals surface area contributed by atoms with E-state index in [9.17, 15) is 9.59 Å². The SMILES string of the molecule is O=C(CC1CCCO1)N1CCN(Cc2nc3ccc(Cl)cc3c(=O)[nH]2)CC1. The van der Waals surface area contributed by atoms with E-state index in [1.54, 1.807) is 18.2 Å². The molecular weight excluding hydrogens is 368 g/mol. The first-order chi connectivity index (χ1) is 13.1. The van der Waals surface area contributed by atoms with Gasteiger partial charge in [-0.2, -0.15) is 0 Å². The summed E-state index contributed by atoms with van der Waals surface area (Å²) in [5, 5.41) is 1.02. The van der Waals surface area contributed by atoms with Crippen molar-refractivity contribution < 1.29 is 9.53 Å². The van der Waals surface area contributed by atoms with Gasteiger partial charge in [-0.15, -0.1) is 0 Å². The Morgan fingerprint density at radius 1 is 1.30 bits per heavy atom. The van der Waals surface area contributed by atoms with Crippen molar-refractivity contribution in [2.45, 2.75) is 31.9 Å². The third-order valence-corrected chi connectivity index (χ3v) is 5.48. The largest absolute Gasteiger partial charge is 0.378 e. The normalized spacial score (nSPS) is 21.1. The predicted molar refractivity (Wildman–Crippen MR) is 103 cm³/mol. The minimum absolute atomic E-state index is 0.0934. The Labute approximate surface area is 162 Å². The van der Waals surface area contributed by atoms with E-state index in [1.807, 2.05) is 4.90 Å². The standard InChI is InChI=1S/C19H23ClN4O3/c20-13-3-4-16-15(10-13)19(26)22-17(21-16)12-23-5-7-24(8-6-23)18(25)11-14-2-1-9-27-14/h3-4,10,14H,1-2,5-9,11-12H2,(H,21,22,26). The molecule has 0 aliphatic carbocycles. The molecule has 1 atom stereocenters. The summed E-state index contributed by atoms with van der Waals surface area (Å²) in [6.07, 6.45) is 2.62. The number of ether oxygens (including phenoxy) is 1. The molecule has 7 nitrogen and oxygen atoms in total. The molecule has 0 spiro atoms. The van der Waals surface area contributed by atoms with Crippen LogP contribution in [0.3, 0.4) is 0 Å². The zero-order valence-corrected chi connectivity index (χ0v) is 15.9. The first kappa shape index (κ1) is 18.4. The molecule has 2 fully saturated rings. The highest BCUT2D eigenvalue weighted by atomic mass is 35.5. The van der Waals surface area contributed by atoms with Gasteiger partial charge in [0.2, 0.25) is 5.91 Å². The molecule has 1 aromatic carbocycles. The van der Waals surface area contributed by atoms with Gasteiger partial charge in [-0.1, -0.05) is 11.6 Å². The molecule has 1 unspecified atom stereocenters. The van der Waals surface area contributed by atoms with Crippen molar-refractivity contribution in [3.05, 3.63) is 39.4 Å². The van der Waals surface area contributed by atoms with Gasteiger partial charge in [-0.25, -0.2) is 4.98 Å². The van der Waals surface area contributed by atoms with Crippen molar-refractivity contribution in [2.75, 3.05) is 32.8 Å². The second kappa shape index (κ2) is 7.96. The number of aromatic amines is 1. The summed E-state index contributed by atoms with van der Waals surface area (Å²) in [6, 6.07) is 5.13. The van der Waals surface area contributed by atoms with E-state index in [-0.39, 0.29) is 17.6 Å². The number of benzene rings is 1. The molecule has 0 saturated carbocycles. The molecule has 2 aliphatic rings. The monoisotopic (exact) mass is 390 g/mol. The van der Waals surface area contributed by atoms with Crippen molar-refractivity contribution in [2.24, 2.45) is 0 Å². The van der Waals surface area contributed by atoms with Crippen LogP contribution in [0, 0.1) is 0 Å². The Hall–Kier alpha value is -1.96. The van der Waals surface area contributed by atoms with Gasteiger partial charge < -0.3 is 14.6 Å². The number of carbonyl (C=O) groups excluding carboxylic acids is 1. The molecule has 0 bridgehead atoms. The maximum atomic E-state index is 12.4. The van der Waals surface area contributed by atoms with Crippen LogP contribution in [0.2, 0.25) is 5.02 Å². The molecule has 2 aliphatic heterocycles. The number of halogens is 1. The van der Waals surface area contributed by atoms with Crippen molar-refractivity contribution in [3.63, 3.8) is 0 Å². The Morgan fingerprint density at radius 3 is 2.85 bits per heavy atom. The van der Waals surface area contributed by atoms with E-state index in [0.29, 0.717) is 47.8 Å². The molecule has 2 saturated heterocycles. The molecule has 1 N–H and O–H groups in total. The molecule has 3 heterocycles. The van der Waals surface area contributed by atoms with E-state index >= 15 is 0 Å². The molecule has 1 amide bonds. The maximum absolute atomic E-state index is 12.4. The van der Waals surface area contributed by atoms with Crippen molar-refractivity contribution in [1.29, 1.82) is 0 Å². The summed E-state index contributed by atoms with van der Waals surface area (Å²) in [7, 11) is 0. The van der Waals surface area contributed by atoms with Crippen LogP contribution in [0.15, 0.2) is 23.0 Å². The lowest BCUT2D eigenvalue weighted by Gasteiger charge is -2.34. The smallest absolute Gasteiger partial charge is 0.258 e. The molecule has 2 aromatic rings. The Kier molecular flexibility index (Phi) is 5.43. The van der Waals surface area contributed by atoms with Crippen LogP contribution < -0.4 is 5.56 Å². The fraction of sp³-hybridized carbons (Fsp3) is 0.526. The number of hydrogen-bond acceptors (Lipinski definition) is 5. The van der Waals surface area contributed by atoms with Gasteiger partial charge in [-0.05, 0) is 31.0 Å². The van der Waals surface area contributed by atoms with Gasteiger partial charge in [0, 0.05) is 37.8 Å². The minimum Gasteiger partial charge on any atom is -0.378 e. The second-order valence-corrected chi connectivity index (χ2v) is 7.61. The number of fused-ring (bicyclic) bond motifs is 1. The number of H-pyrrole nitrogens is 1. The van der Waals surface area contributed by atoms with Crippen LogP contribution >= 0.6 is 11.6 Å². The van der Waals surface area contributed by atoms with Crippen molar-refractivity contribution >= 4 is 28.4 Å². The summed E-state index contributed by atoms with van der Waals surface area (Å²) in [5.41, 5.74) is 0.464. The molecule has 0 radical (unpaired) electrons. The van der Waals surface area contributed by atoms with Crippen LogP contribution in [0.25, 0.3) is 10.9 Å². The molecule has 1 aromatic heterocycles. The Bertz CT molecular complexity index is 886. The van der Waals surface area contributed by atoms with E-state index in [0.717, 1.165) is 32.5 Å². The summed E-state index contributed by atoms with van der Waals surface area (Å²) in [5.74, 6) is 0.810. The number of piperazine rings is 1. The highest BCUT2D eigenvalue weighted by Crippen LogP contribution is 2.18. The van der Waals surface area contributed by atoms with Gasteiger partial charge in [0.25, 0.3) is 5.56 Å². The van der Waals surface area contributed by atoms with Gasteiger partial charge in [-0.3, -0.25) is 14.5 Å². The minimum atomic E-state index is -0.178. The molecular formula is C19H23ClN4O3. The summed E-state index contributed by atoms with van der Waals surface area (Å²) in [6.45, 7) is 4.24. The summed E-state index contributed by atoms with van der Waals surface area (Å²) in [4.78, 5) is 36.2. The fourth-order valence-electron chi connectivity index (χ4n) is 3.73. The number of amides is 1. The van der Waals surface area contributed by atoms with E-state index in [2.05, 4.69) is 14.9 Å². The number of carbonyl (C=O) groups is 1. The maximum Gasteiger partial charge on any atom is 0.258 e. The van der Waals surface area contributed by atoms with Gasteiger partial charge >= 0.3 is 0 Å². The highest BCUT2D eigenvalue weighted by molar-refractivity contribution is 6.31. The van der Waals surface area contributed by atoms with Crippen LogP contribution in [0.1, 0.15) is 25.1 Å². The fourth-order valence-corrected chi connectivity index (χ4v) is 3.90. The first-order valence-electron chi connectivity index (χ1n) is 9.39. The number of hydrogen-bond donors (Lipinski definition) is 1. The lowest BCUT2D eigenvalue weighted by Crippen LogP contribution is -2.49. The second-order valence-electron chi connectivity index (χ2n) is 7.17.